The highest BCUT2D eigenvalue weighted by atomic mass is 16.5. The molecule has 0 aromatic heterocycles. The number of nitrogens with one attached hydrogen (secondary N) is 1. The zero-order valence-electron chi connectivity index (χ0n) is 11.5. The standard InChI is InChI=1S/C14H26N2O2/c1-2-18-13-8-10-16(11-9-13)14(17)15-12-6-4-3-5-7-12/h12-13H,2-11H2,1H3,(H,15,17). The quantitative estimate of drug-likeness (QED) is 0.841. The summed E-state index contributed by atoms with van der Waals surface area (Å²) in [4.78, 5) is 14.1. The van der Waals surface area contributed by atoms with Crippen LogP contribution in [0.15, 0.2) is 0 Å². The molecule has 1 N–H and O–H groups in total. The van der Waals surface area contributed by atoms with Gasteiger partial charge in [-0.05, 0) is 32.6 Å². The molecule has 0 aromatic rings. The van der Waals surface area contributed by atoms with Crippen LogP contribution in [0, 0.1) is 0 Å². The summed E-state index contributed by atoms with van der Waals surface area (Å²) < 4.78 is 5.60. The normalized spacial score (nSPS) is 23.1. The van der Waals surface area contributed by atoms with Gasteiger partial charge in [-0.2, -0.15) is 0 Å². The van der Waals surface area contributed by atoms with Gasteiger partial charge in [-0.25, -0.2) is 4.79 Å². The minimum atomic E-state index is 0.136. The SMILES string of the molecule is CCOC1CCN(C(=O)NC2CCCCC2)CC1. The highest BCUT2D eigenvalue weighted by molar-refractivity contribution is 5.74. The van der Waals surface area contributed by atoms with Crippen LogP contribution in [0.1, 0.15) is 51.9 Å². The van der Waals surface area contributed by atoms with Crippen molar-refractivity contribution in [2.45, 2.75) is 64.0 Å². The molecule has 2 amide bonds. The van der Waals surface area contributed by atoms with Gasteiger partial charge in [0.25, 0.3) is 0 Å². The van der Waals surface area contributed by atoms with Gasteiger partial charge in [0.15, 0.2) is 0 Å². The van der Waals surface area contributed by atoms with Crippen molar-refractivity contribution < 1.29 is 9.53 Å². The van der Waals surface area contributed by atoms with Crippen LogP contribution >= 0.6 is 0 Å². The molecule has 4 heteroatoms. The second kappa shape index (κ2) is 6.98. The molecule has 1 aliphatic carbocycles. The molecular formula is C14H26N2O2. The highest BCUT2D eigenvalue weighted by Crippen LogP contribution is 2.18. The molecule has 18 heavy (non-hydrogen) atoms. The summed E-state index contributed by atoms with van der Waals surface area (Å²) in [6.45, 7) is 4.48. The van der Waals surface area contributed by atoms with Crippen molar-refractivity contribution in [3.05, 3.63) is 0 Å². The first kappa shape index (κ1) is 13.7. The molecule has 0 unspecified atom stereocenters. The molecule has 0 spiro atoms. The van der Waals surface area contributed by atoms with Crippen LogP contribution in [-0.4, -0.2) is 42.8 Å². The largest absolute Gasteiger partial charge is 0.378 e. The van der Waals surface area contributed by atoms with Gasteiger partial charge in [0.2, 0.25) is 0 Å². The maximum Gasteiger partial charge on any atom is 0.317 e. The first-order valence-corrected chi connectivity index (χ1v) is 7.46. The number of ether oxygens (including phenoxy) is 1. The van der Waals surface area contributed by atoms with Gasteiger partial charge in [-0.3, -0.25) is 0 Å². The molecule has 1 saturated heterocycles. The van der Waals surface area contributed by atoms with E-state index in [0.717, 1.165) is 45.4 Å². The summed E-state index contributed by atoms with van der Waals surface area (Å²) in [6.07, 6.45) is 8.47. The minimum absolute atomic E-state index is 0.136. The zero-order valence-corrected chi connectivity index (χ0v) is 11.5. The van der Waals surface area contributed by atoms with Crippen molar-refractivity contribution in [3.8, 4) is 0 Å². The summed E-state index contributed by atoms with van der Waals surface area (Å²) in [5.41, 5.74) is 0. The summed E-state index contributed by atoms with van der Waals surface area (Å²) in [7, 11) is 0. The molecule has 104 valence electrons. The zero-order chi connectivity index (χ0) is 12.8. The maximum atomic E-state index is 12.1. The van der Waals surface area contributed by atoms with Crippen LogP contribution in [-0.2, 0) is 4.74 Å². The number of urea groups is 1. The molecule has 1 heterocycles. The topological polar surface area (TPSA) is 41.6 Å². The highest BCUT2D eigenvalue weighted by Gasteiger charge is 2.24. The van der Waals surface area contributed by atoms with E-state index in [4.69, 9.17) is 4.74 Å². The van der Waals surface area contributed by atoms with Crippen molar-refractivity contribution >= 4 is 6.03 Å². The van der Waals surface area contributed by atoms with E-state index in [9.17, 15) is 4.79 Å². The van der Waals surface area contributed by atoms with E-state index in [2.05, 4.69) is 5.32 Å². The summed E-state index contributed by atoms with van der Waals surface area (Å²) in [5.74, 6) is 0. The van der Waals surface area contributed by atoms with Crippen LogP contribution in [0.4, 0.5) is 4.79 Å². The Morgan fingerprint density at radius 1 is 1.17 bits per heavy atom. The predicted octanol–water partition coefficient (Wildman–Crippen LogP) is 2.53. The number of rotatable bonds is 3. The molecule has 2 aliphatic rings. The van der Waals surface area contributed by atoms with E-state index in [-0.39, 0.29) is 6.03 Å². The Balaban J connectivity index is 1.70. The number of carbonyl (C=O) groups is 1. The van der Waals surface area contributed by atoms with Crippen LogP contribution in [0.25, 0.3) is 0 Å². The van der Waals surface area contributed by atoms with Gasteiger partial charge in [-0.15, -0.1) is 0 Å². The Kier molecular flexibility index (Phi) is 5.29. The number of carbonyl (C=O) groups excluding carboxylic acids is 1. The first-order valence-electron chi connectivity index (χ1n) is 7.46. The van der Waals surface area contributed by atoms with Gasteiger partial charge in [0, 0.05) is 25.7 Å². The van der Waals surface area contributed by atoms with E-state index in [1.807, 2.05) is 11.8 Å². The van der Waals surface area contributed by atoms with Gasteiger partial charge in [0.1, 0.15) is 0 Å². The molecule has 0 bridgehead atoms. The van der Waals surface area contributed by atoms with E-state index >= 15 is 0 Å². The molecule has 0 aromatic carbocycles. The molecule has 4 nitrogen and oxygen atoms in total. The van der Waals surface area contributed by atoms with Gasteiger partial charge in [-0.1, -0.05) is 19.3 Å². The number of amides is 2. The van der Waals surface area contributed by atoms with Crippen molar-refractivity contribution in [1.82, 2.24) is 10.2 Å². The fraction of sp³-hybridized carbons (Fsp3) is 0.929. The number of hydrogen-bond donors (Lipinski definition) is 1. The summed E-state index contributed by atoms with van der Waals surface area (Å²) in [5, 5.41) is 3.18. The lowest BCUT2D eigenvalue weighted by Crippen LogP contribution is -2.49. The molecule has 2 fully saturated rings. The van der Waals surface area contributed by atoms with Crippen molar-refractivity contribution in [2.24, 2.45) is 0 Å². The Labute approximate surface area is 110 Å². The van der Waals surface area contributed by atoms with Crippen molar-refractivity contribution in [3.63, 3.8) is 0 Å². The summed E-state index contributed by atoms with van der Waals surface area (Å²) in [6, 6.07) is 0.549. The lowest BCUT2D eigenvalue weighted by atomic mass is 9.96. The molecule has 2 rings (SSSR count). The predicted molar refractivity (Wildman–Crippen MR) is 71.6 cm³/mol. The lowest BCUT2D eigenvalue weighted by molar-refractivity contribution is 0.0217. The number of hydrogen-bond acceptors (Lipinski definition) is 2. The Morgan fingerprint density at radius 3 is 2.44 bits per heavy atom. The lowest BCUT2D eigenvalue weighted by Gasteiger charge is -2.33. The Bertz CT molecular complexity index is 257. The number of likely N-dealkylation sites (tertiary alicyclic amines) is 1. The van der Waals surface area contributed by atoms with Crippen LogP contribution in [0.5, 0.6) is 0 Å². The second-order valence-corrected chi connectivity index (χ2v) is 5.43. The third-order valence-electron chi connectivity index (χ3n) is 4.06. The third-order valence-corrected chi connectivity index (χ3v) is 4.06. The van der Waals surface area contributed by atoms with Crippen LogP contribution in [0.2, 0.25) is 0 Å². The van der Waals surface area contributed by atoms with Crippen LogP contribution < -0.4 is 5.32 Å². The Hall–Kier alpha value is -0.770. The van der Waals surface area contributed by atoms with Crippen molar-refractivity contribution in [1.29, 1.82) is 0 Å². The molecule has 0 atom stereocenters. The van der Waals surface area contributed by atoms with E-state index in [1.165, 1.54) is 19.3 Å². The second-order valence-electron chi connectivity index (χ2n) is 5.43. The molecular weight excluding hydrogens is 228 g/mol. The summed E-state index contributed by atoms with van der Waals surface area (Å²) >= 11 is 0. The molecule has 1 saturated carbocycles. The van der Waals surface area contributed by atoms with Crippen molar-refractivity contribution in [2.75, 3.05) is 19.7 Å². The average molecular weight is 254 g/mol. The maximum absolute atomic E-state index is 12.1. The van der Waals surface area contributed by atoms with E-state index in [1.54, 1.807) is 0 Å². The average Bonchev–Trinajstić information content (AvgIpc) is 2.41. The molecule has 1 aliphatic heterocycles. The Morgan fingerprint density at radius 2 is 1.83 bits per heavy atom. The fourth-order valence-corrected chi connectivity index (χ4v) is 2.97. The minimum Gasteiger partial charge on any atom is -0.378 e. The van der Waals surface area contributed by atoms with Crippen LogP contribution in [0.3, 0.4) is 0 Å². The van der Waals surface area contributed by atoms with Gasteiger partial charge >= 0.3 is 6.03 Å². The molecule has 0 radical (unpaired) electrons. The first-order chi connectivity index (χ1) is 8.79. The van der Waals surface area contributed by atoms with E-state index in [0.29, 0.717) is 12.1 Å². The number of piperidine rings is 1. The number of nitrogens with zero attached hydrogens (tertiary/aromatic N) is 1. The van der Waals surface area contributed by atoms with Gasteiger partial charge in [0.05, 0.1) is 6.10 Å². The van der Waals surface area contributed by atoms with E-state index < -0.39 is 0 Å². The van der Waals surface area contributed by atoms with Gasteiger partial charge < -0.3 is 15.0 Å². The third kappa shape index (κ3) is 3.87. The fourth-order valence-electron chi connectivity index (χ4n) is 2.97. The monoisotopic (exact) mass is 254 g/mol. The smallest absolute Gasteiger partial charge is 0.317 e.